The van der Waals surface area contributed by atoms with Crippen LogP contribution in [0.5, 0.6) is 0 Å². The number of hydrogen-bond donors (Lipinski definition) is 2. The Morgan fingerprint density at radius 1 is 1.12 bits per heavy atom. The minimum atomic E-state index is 0.0549. The van der Waals surface area contributed by atoms with E-state index < -0.39 is 0 Å². The van der Waals surface area contributed by atoms with Gasteiger partial charge in [0.25, 0.3) is 0 Å². The van der Waals surface area contributed by atoms with Crippen molar-refractivity contribution in [3.63, 3.8) is 0 Å². The highest BCUT2D eigenvalue weighted by Gasteiger charge is 2.06. The zero-order valence-corrected chi connectivity index (χ0v) is 9.36. The Balaban J connectivity index is 2.36. The van der Waals surface area contributed by atoms with Crippen LogP contribution in [0.2, 0.25) is 0 Å². The van der Waals surface area contributed by atoms with Crippen LogP contribution in [0.1, 0.15) is 24.8 Å². The van der Waals surface area contributed by atoms with Gasteiger partial charge in [0, 0.05) is 6.42 Å². The van der Waals surface area contributed by atoms with Crippen molar-refractivity contribution in [3.05, 3.63) is 35.9 Å². The van der Waals surface area contributed by atoms with Gasteiger partial charge in [0.05, 0.1) is 12.7 Å². The van der Waals surface area contributed by atoms with Crippen LogP contribution in [0.4, 0.5) is 0 Å². The summed E-state index contributed by atoms with van der Waals surface area (Å²) >= 11 is 0. The van der Waals surface area contributed by atoms with E-state index in [1.807, 2.05) is 30.3 Å². The van der Waals surface area contributed by atoms with E-state index >= 15 is 0 Å². The van der Waals surface area contributed by atoms with E-state index in [9.17, 15) is 0 Å². The van der Waals surface area contributed by atoms with Crippen molar-refractivity contribution in [2.45, 2.75) is 32.0 Å². The van der Waals surface area contributed by atoms with E-state index in [2.05, 4.69) is 0 Å². The molecule has 2 N–H and O–H groups in total. The molecule has 0 saturated carbocycles. The van der Waals surface area contributed by atoms with Crippen LogP contribution in [0.25, 0.3) is 0 Å². The third-order valence-corrected chi connectivity index (χ3v) is 2.34. The molecule has 3 nitrogen and oxygen atoms in total. The van der Waals surface area contributed by atoms with Crippen LogP contribution in [-0.4, -0.2) is 18.5 Å². The summed E-state index contributed by atoms with van der Waals surface area (Å²) in [6.45, 7) is 0.581. The smallest absolute Gasteiger partial charge is 0.0720 e. The van der Waals surface area contributed by atoms with Crippen molar-refractivity contribution in [1.82, 2.24) is 0 Å². The van der Waals surface area contributed by atoms with Gasteiger partial charge in [-0.3, -0.25) is 0 Å². The maximum atomic E-state index is 7.09. The van der Waals surface area contributed by atoms with Gasteiger partial charge in [0.1, 0.15) is 0 Å². The molecule has 0 aliphatic carbocycles. The molecule has 0 heterocycles. The summed E-state index contributed by atoms with van der Waals surface area (Å²) < 4.78 is 5.72. The van der Waals surface area contributed by atoms with Crippen LogP contribution >= 0.6 is 0 Å². The molecule has 0 bridgehead atoms. The second-order valence-corrected chi connectivity index (χ2v) is 3.64. The molecule has 16 heavy (non-hydrogen) atoms. The molecule has 0 spiro atoms. The summed E-state index contributed by atoms with van der Waals surface area (Å²) in [7, 11) is 0. The Hall–Kier alpha value is -1.48. The average molecular weight is 218 g/mol. The zero-order chi connectivity index (χ0) is 11.6. The summed E-state index contributed by atoms with van der Waals surface area (Å²) in [5, 5.41) is 14.1. The van der Waals surface area contributed by atoms with Gasteiger partial charge >= 0.3 is 0 Å². The maximum absolute atomic E-state index is 7.09. The molecule has 1 rings (SSSR count). The minimum Gasteiger partial charge on any atom is -0.373 e. The lowest BCUT2D eigenvalue weighted by atomic mass is 10.1. The van der Waals surface area contributed by atoms with Gasteiger partial charge in [-0.25, -0.2) is 0 Å². The quantitative estimate of drug-likeness (QED) is 0.647. The Morgan fingerprint density at radius 3 is 2.50 bits per heavy atom. The molecule has 0 fully saturated rings. The van der Waals surface area contributed by atoms with Crippen molar-refractivity contribution < 1.29 is 4.74 Å². The molecule has 3 heteroatoms. The molecular formula is C13H18N2O. The molecular weight excluding hydrogens is 200 g/mol. The molecule has 1 unspecified atom stereocenters. The van der Waals surface area contributed by atoms with Crippen molar-refractivity contribution >= 4 is 12.4 Å². The van der Waals surface area contributed by atoms with Gasteiger partial charge in [-0.1, -0.05) is 30.3 Å². The van der Waals surface area contributed by atoms with Gasteiger partial charge in [-0.15, -0.1) is 0 Å². The van der Waals surface area contributed by atoms with Crippen molar-refractivity contribution in [3.8, 4) is 0 Å². The summed E-state index contributed by atoms with van der Waals surface area (Å²) in [4.78, 5) is 0. The van der Waals surface area contributed by atoms with Crippen molar-refractivity contribution in [1.29, 1.82) is 10.8 Å². The highest BCUT2D eigenvalue weighted by Crippen LogP contribution is 2.09. The van der Waals surface area contributed by atoms with E-state index in [1.54, 1.807) is 0 Å². The van der Waals surface area contributed by atoms with Crippen LogP contribution < -0.4 is 0 Å². The first-order valence-electron chi connectivity index (χ1n) is 5.50. The molecule has 0 radical (unpaired) electrons. The first-order chi connectivity index (χ1) is 7.86. The van der Waals surface area contributed by atoms with E-state index in [-0.39, 0.29) is 6.10 Å². The van der Waals surface area contributed by atoms with E-state index in [0.29, 0.717) is 19.4 Å². The lowest BCUT2D eigenvalue weighted by Gasteiger charge is -2.14. The predicted octanol–water partition coefficient (Wildman–Crippen LogP) is 3.04. The highest BCUT2D eigenvalue weighted by molar-refractivity contribution is 5.55. The van der Waals surface area contributed by atoms with E-state index in [1.165, 1.54) is 12.4 Å². The predicted molar refractivity (Wildman–Crippen MR) is 66.4 cm³/mol. The summed E-state index contributed by atoms with van der Waals surface area (Å²) in [6.07, 6.45) is 4.97. The van der Waals surface area contributed by atoms with Gasteiger partial charge in [0.15, 0.2) is 0 Å². The topological polar surface area (TPSA) is 56.9 Å². The van der Waals surface area contributed by atoms with Crippen LogP contribution in [-0.2, 0) is 11.3 Å². The number of nitrogens with one attached hydrogen (secondary N) is 2. The molecule has 0 saturated heterocycles. The van der Waals surface area contributed by atoms with Crippen molar-refractivity contribution in [2.24, 2.45) is 0 Å². The Bertz CT molecular complexity index is 311. The van der Waals surface area contributed by atoms with Crippen LogP contribution in [0.3, 0.4) is 0 Å². The molecule has 0 aromatic heterocycles. The number of hydrogen-bond acceptors (Lipinski definition) is 3. The van der Waals surface area contributed by atoms with Gasteiger partial charge < -0.3 is 15.6 Å². The Labute approximate surface area is 96.5 Å². The van der Waals surface area contributed by atoms with Crippen molar-refractivity contribution in [2.75, 3.05) is 0 Å². The fraction of sp³-hybridized carbons (Fsp3) is 0.385. The standard InChI is InChI=1S/C13H18N2O/c14-9-4-7-13(8-10-15)16-11-12-5-2-1-3-6-12/h1-3,5-6,9-10,13-15H,4,7-8,11H2. The second kappa shape index (κ2) is 7.77. The molecule has 1 aromatic carbocycles. The zero-order valence-electron chi connectivity index (χ0n) is 9.36. The first kappa shape index (κ1) is 12.6. The normalized spacial score (nSPS) is 12.0. The second-order valence-electron chi connectivity index (χ2n) is 3.64. The average Bonchev–Trinajstić information content (AvgIpc) is 2.34. The lowest BCUT2D eigenvalue weighted by Crippen LogP contribution is -2.13. The molecule has 0 amide bonds. The first-order valence-corrected chi connectivity index (χ1v) is 5.50. The number of ether oxygens (including phenoxy) is 1. The van der Waals surface area contributed by atoms with E-state index in [4.69, 9.17) is 15.6 Å². The van der Waals surface area contributed by atoms with Crippen LogP contribution in [0, 0.1) is 10.8 Å². The minimum absolute atomic E-state index is 0.0549. The monoisotopic (exact) mass is 218 g/mol. The van der Waals surface area contributed by atoms with E-state index in [0.717, 1.165) is 12.0 Å². The van der Waals surface area contributed by atoms with Gasteiger partial charge in [0.2, 0.25) is 0 Å². The molecule has 86 valence electrons. The maximum Gasteiger partial charge on any atom is 0.0720 e. The summed E-state index contributed by atoms with van der Waals surface area (Å²) in [6, 6.07) is 10.0. The molecule has 0 aliphatic heterocycles. The summed E-state index contributed by atoms with van der Waals surface area (Å²) in [5.74, 6) is 0. The van der Waals surface area contributed by atoms with Crippen LogP contribution in [0.15, 0.2) is 30.3 Å². The fourth-order valence-corrected chi connectivity index (χ4v) is 1.46. The molecule has 0 aliphatic rings. The number of rotatable bonds is 8. The highest BCUT2D eigenvalue weighted by atomic mass is 16.5. The number of benzene rings is 1. The molecule has 1 atom stereocenters. The Kier molecular flexibility index (Phi) is 6.11. The third-order valence-electron chi connectivity index (χ3n) is 2.34. The fourth-order valence-electron chi connectivity index (χ4n) is 1.46. The Morgan fingerprint density at radius 2 is 1.88 bits per heavy atom. The SMILES string of the molecule is N=CCCC(CC=N)OCc1ccccc1. The largest absolute Gasteiger partial charge is 0.373 e. The third kappa shape index (κ3) is 4.84. The summed E-state index contributed by atoms with van der Waals surface area (Å²) in [5.41, 5.74) is 1.15. The van der Waals surface area contributed by atoms with Gasteiger partial charge in [-0.2, -0.15) is 0 Å². The lowest BCUT2D eigenvalue weighted by molar-refractivity contribution is 0.0419. The molecule has 1 aromatic rings. The van der Waals surface area contributed by atoms with Gasteiger partial charge in [-0.05, 0) is 30.8 Å².